The first kappa shape index (κ1) is 14.1. The van der Waals surface area contributed by atoms with Gasteiger partial charge in [0.2, 0.25) is 0 Å². The molecular formula is C15H23FN2O. The van der Waals surface area contributed by atoms with Gasteiger partial charge in [0, 0.05) is 25.2 Å². The van der Waals surface area contributed by atoms with Crippen LogP contribution in [0.5, 0.6) is 5.75 Å². The number of ether oxygens (including phenoxy) is 1. The first-order valence-electron chi connectivity index (χ1n) is 7.05. The minimum atomic E-state index is -0.264. The van der Waals surface area contributed by atoms with Crippen LogP contribution >= 0.6 is 0 Å². The fraction of sp³-hybridized carbons (Fsp3) is 0.600. The molecule has 1 heterocycles. The Morgan fingerprint density at radius 3 is 2.74 bits per heavy atom. The standard InChI is InChI=1S/C15H23FN2O/c1-3-8-18-9-6-13(7-10-18)17-14-5-4-12(16)11-15(14)19-2/h4-5,11,13,17H,3,6-10H2,1-2H3. The predicted molar refractivity (Wildman–Crippen MR) is 76.3 cm³/mol. The molecule has 106 valence electrons. The maximum atomic E-state index is 13.1. The summed E-state index contributed by atoms with van der Waals surface area (Å²) in [5.74, 6) is 0.316. The molecule has 19 heavy (non-hydrogen) atoms. The number of piperidine rings is 1. The molecule has 0 radical (unpaired) electrons. The van der Waals surface area contributed by atoms with E-state index in [2.05, 4.69) is 17.1 Å². The van der Waals surface area contributed by atoms with Crippen molar-refractivity contribution in [1.29, 1.82) is 0 Å². The van der Waals surface area contributed by atoms with E-state index in [4.69, 9.17) is 4.74 Å². The summed E-state index contributed by atoms with van der Waals surface area (Å²) in [6.45, 7) is 5.67. The van der Waals surface area contributed by atoms with Gasteiger partial charge in [-0.15, -0.1) is 0 Å². The number of nitrogens with one attached hydrogen (secondary N) is 1. The third-order valence-electron chi connectivity index (χ3n) is 3.65. The molecule has 0 unspecified atom stereocenters. The number of anilines is 1. The Kier molecular flexibility index (Phi) is 5.02. The zero-order chi connectivity index (χ0) is 13.7. The molecule has 0 spiro atoms. The van der Waals surface area contributed by atoms with E-state index in [0.717, 1.165) is 31.6 Å². The molecular weight excluding hydrogens is 243 g/mol. The fourth-order valence-corrected chi connectivity index (χ4v) is 2.62. The lowest BCUT2D eigenvalue weighted by atomic mass is 10.0. The maximum absolute atomic E-state index is 13.1. The number of rotatable bonds is 5. The third-order valence-corrected chi connectivity index (χ3v) is 3.65. The Balaban J connectivity index is 1.92. The molecule has 1 N–H and O–H groups in total. The van der Waals surface area contributed by atoms with Crippen LogP contribution in [0.3, 0.4) is 0 Å². The molecule has 0 saturated carbocycles. The Hall–Kier alpha value is -1.29. The zero-order valence-corrected chi connectivity index (χ0v) is 11.8. The number of methoxy groups -OCH3 is 1. The molecule has 4 heteroatoms. The monoisotopic (exact) mass is 266 g/mol. The van der Waals surface area contributed by atoms with Crippen molar-refractivity contribution < 1.29 is 9.13 Å². The van der Waals surface area contributed by atoms with Crippen LogP contribution in [0.1, 0.15) is 26.2 Å². The Bertz CT molecular complexity index is 403. The van der Waals surface area contributed by atoms with Crippen molar-refractivity contribution in [3.63, 3.8) is 0 Å². The number of likely N-dealkylation sites (tertiary alicyclic amines) is 1. The molecule has 1 fully saturated rings. The van der Waals surface area contributed by atoms with Gasteiger partial charge in [-0.25, -0.2) is 4.39 Å². The molecule has 3 nitrogen and oxygen atoms in total. The van der Waals surface area contributed by atoms with Crippen molar-refractivity contribution in [3.8, 4) is 5.75 Å². The van der Waals surface area contributed by atoms with Gasteiger partial charge in [0.15, 0.2) is 0 Å². The lowest BCUT2D eigenvalue weighted by Gasteiger charge is -2.32. The number of hydrogen-bond donors (Lipinski definition) is 1. The topological polar surface area (TPSA) is 24.5 Å². The molecule has 0 atom stereocenters. The summed E-state index contributed by atoms with van der Waals surface area (Å²) in [6.07, 6.45) is 3.46. The largest absolute Gasteiger partial charge is 0.494 e. The smallest absolute Gasteiger partial charge is 0.144 e. The molecule has 2 rings (SSSR count). The maximum Gasteiger partial charge on any atom is 0.144 e. The van der Waals surface area contributed by atoms with E-state index in [1.54, 1.807) is 13.2 Å². The highest BCUT2D eigenvalue weighted by Gasteiger charge is 2.19. The normalized spacial score (nSPS) is 17.4. The Morgan fingerprint density at radius 2 is 2.11 bits per heavy atom. The van der Waals surface area contributed by atoms with E-state index in [-0.39, 0.29) is 5.82 Å². The SMILES string of the molecule is CCCN1CCC(Nc2ccc(F)cc2OC)CC1. The highest BCUT2D eigenvalue weighted by molar-refractivity contribution is 5.57. The van der Waals surface area contributed by atoms with Gasteiger partial charge >= 0.3 is 0 Å². The third kappa shape index (κ3) is 3.83. The number of halogens is 1. The van der Waals surface area contributed by atoms with Crippen molar-refractivity contribution in [2.75, 3.05) is 32.1 Å². The van der Waals surface area contributed by atoms with E-state index >= 15 is 0 Å². The lowest BCUT2D eigenvalue weighted by molar-refractivity contribution is 0.219. The van der Waals surface area contributed by atoms with Gasteiger partial charge in [-0.1, -0.05) is 6.92 Å². The average Bonchev–Trinajstić information content (AvgIpc) is 2.43. The van der Waals surface area contributed by atoms with E-state index in [1.165, 1.54) is 25.1 Å². The Morgan fingerprint density at radius 1 is 1.37 bits per heavy atom. The van der Waals surface area contributed by atoms with Crippen LogP contribution in [0.15, 0.2) is 18.2 Å². The molecule has 1 aromatic rings. The molecule has 0 bridgehead atoms. The second-order valence-corrected chi connectivity index (χ2v) is 5.10. The van der Waals surface area contributed by atoms with Crippen molar-refractivity contribution in [3.05, 3.63) is 24.0 Å². The van der Waals surface area contributed by atoms with E-state index < -0.39 is 0 Å². The van der Waals surface area contributed by atoms with Crippen LogP contribution in [0, 0.1) is 5.82 Å². The van der Waals surface area contributed by atoms with E-state index in [9.17, 15) is 4.39 Å². The fourth-order valence-electron chi connectivity index (χ4n) is 2.62. The molecule has 0 aromatic heterocycles. The first-order chi connectivity index (χ1) is 9.22. The summed E-state index contributed by atoms with van der Waals surface area (Å²) in [5, 5.41) is 3.47. The number of hydrogen-bond acceptors (Lipinski definition) is 3. The molecule has 1 aliphatic heterocycles. The first-order valence-corrected chi connectivity index (χ1v) is 7.05. The van der Waals surface area contributed by atoms with Crippen molar-refractivity contribution in [2.24, 2.45) is 0 Å². The van der Waals surface area contributed by atoms with Crippen LogP contribution in [0.25, 0.3) is 0 Å². The van der Waals surface area contributed by atoms with Crippen LogP contribution in [-0.4, -0.2) is 37.7 Å². The number of benzene rings is 1. The van der Waals surface area contributed by atoms with Crippen molar-refractivity contribution in [1.82, 2.24) is 4.90 Å². The second-order valence-electron chi connectivity index (χ2n) is 5.10. The van der Waals surface area contributed by atoms with Crippen LogP contribution in [-0.2, 0) is 0 Å². The molecule has 0 aliphatic carbocycles. The molecule has 1 saturated heterocycles. The molecule has 1 aromatic carbocycles. The van der Waals surface area contributed by atoms with E-state index in [0.29, 0.717) is 11.8 Å². The average molecular weight is 266 g/mol. The lowest BCUT2D eigenvalue weighted by Crippen LogP contribution is -2.39. The molecule has 1 aliphatic rings. The summed E-state index contributed by atoms with van der Waals surface area (Å²) in [7, 11) is 1.57. The summed E-state index contributed by atoms with van der Waals surface area (Å²) in [6, 6.07) is 5.10. The zero-order valence-electron chi connectivity index (χ0n) is 11.8. The summed E-state index contributed by atoms with van der Waals surface area (Å²) in [4.78, 5) is 2.50. The van der Waals surface area contributed by atoms with Gasteiger partial charge in [-0.3, -0.25) is 0 Å². The van der Waals surface area contributed by atoms with Crippen LogP contribution in [0.4, 0.5) is 10.1 Å². The predicted octanol–water partition coefficient (Wildman–Crippen LogP) is 3.12. The van der Waals surface area contributed by atoms with Gasteiger partial charge in [-0.2, -0.15) is 0 Å². The van der Waals surface area contributed by atoms with Crippen LogP contribution in [0.2, 0.25) is 0 Å². The minimum Gasteiger partial charge on any atom is -0.494 e. The number of nitrogens with zero attached hydrogens (tertiary/aromatic N) is 1. The van der Waals surface area contributed by atoms with Crippen LogP contribution < -0.4 is 10.1 Å². The quantitative estimate of drug-likeness (QED) is 0.886. The van der Waals surface area contributed by atoms with Gasteiger partial charge in [-0.05, 0) is 37.9 Å². The summed E-state index contributed by atoms with van der Waals surface area (Å²) >= 11 is 0. The Labute approximate surface area is 114 Å². The van der Waals surface area contributed by atoms with Crippen molar-refractivity contribution in [2.45, 2.75) is 32.2 Å². The van der Waals surface area contributed by atoms with E-state index in [1.807, 2.05) is 0 Å². The minimum absolute atomic E-state index is 0.264. The van der Waals surface area contributed by atoms with Gasteiger partial charge in [0.1, 0.15) is 11.6 Å². The second kappa shape index (κ2) is 6.75. The highest BCUT2D eigenvalue weighted by Crippen LogP contribution is 2.27. The summed E-state index contributed by atoms with van der Waals surface area (Å²) < 4.78 is 18.3. The summed E-state index contributed by atoms with van der Waals surface area (Å²) in [5.41, 5.74) is 0.887. The van der Waals surface area contributed by atoms with Gasteiger partial charge in [0.25, 0.3) is 0 Å². The van der Waals surface area contributed by atoms with Crippen molar-refractivity contribution >= 4 is 5.69 Å². The highest BCUT2D eigenvalue weighted by atomic mass is 19.1. The van der Waals surface area contributed by atoms with Gasteiger partial charge < -0.3 is 15.0 Å². The van der Waals surface area contributed by atoms with Gasteiger partial charge in [0.05, 0.1) is 12.8 Å². The molecule has 0 amide bonds.